The number of nitro benzene ring substituents is 1. The van der Waals surface area contributed by atoms with Crippen LogP contribution in [0.1, 0.15) is 32.1 Å². The summed E-state index contributed by atoms with van der Waals surface area (Å²) in [6.45, 7) is 0. The number of anilines is 1. The van der Waals surface area contributed by atoms with Crippen molar-refractivity contribution in [2.24, 2.45) is 5.73 Å². The predicted octanol–water partition coefficient (Wildman–Crippen LogP) is 2.68. The molecule has 0 saturated heterocycles. The number of nitrogens with one attached hydrogen (secondary N) is 1. The highest BCUT2D eigenvalue weighted by Crippen LogP contribution is 2.31. The van der Waals surface area contributed by atoms with Crippen LogP contribution >= 0.6 is 0 Å². The molecule has 0 bridgehead atoms. The fraction of sp³-hybridized carbons (Fsp3) is 0.571. The Morgan fingerprint density at radius 2 is 2.10 bits per heavy atom. The monoisotopic (exact) mass is 279 g/mol. The molecule has 0 aromatic heterocycles. The van der Waals surface area contributed by atoms with Gasteiger partial charge < -0.3 is 15.8 Å². The zero-order valence-electron chi connectivity index (χ0n) is 11.7. The lowest BCUT2D eigenvalue weighted by atomic mass is 10.0. The standard InChI is InChI=1S/C14H21N3O3/c1-20-10-7-8-14(17(18)19)13(9-10)16-12-6-4-2-3-5-11(12)15/h7-9,11-12,16H,2-6,15H2,1H3. The van der Waals surface area contributed by atoms with Gasteiger partial charge in [0, 0.05) is 24.2 Å². The van der Waals surface area contributed by atoms with E-state index in [0.717, 1.165) is 25.7 Å². The number of benzene rings is 1. The Morgan fingerprint density at radius 3 is 2.80 bits per heavy atom. The van der Waals surface area contributed by atoms with Gasteiger partial charge in [0.05, 0.1) is 12.0 Å². The van der Waals surface area contributed by atoms with Crippen molar-refractivity contribution in [3.8, 4) is 5.75 Å². The average molecular weight is 279 g/mol. The molecule has 0 aliphatic heterocycles. The van der Waals surface area contributed by atoms with Crippen molar-refractivity contribution < 1.29 is 9.66 Å². The van der Waals surface area contributed by atoms with Gasteiger partial charge in [-0.1, -0.05) is 19.3 Å². The van der Waals surface area contributed by atoms with Gasteiger partial charge in [0.1, 0.15) is 11.4 Å². The largest absolute Gasteiger partial charge is 0.497 e. The first-order valence-electron chi connectivity index (χ1n) is 6.96. The molecule has 2 atom stereocenters. The zero-order chi connectivity index (χ0) is 14.5. The Bertz CT molecular complexity index is 479. The number of hydrogen-bond donors (Lipinski definition) is 2. The highest BCUT2D eigenvalue weighted by Gasteiger charge is 2.23. The molecule has 2 rings (SSSR count). The van der Waals surface area contributed by atoms with Crippen molar-refractivity contribution in [3.05, 3.63) is 28.3 Å². The van der Waals surface area contributed by atoms with Crippen LogP contribution in [-0.2, 0) is 0 Å². The minimum atomic E-state index is -0.385. The molecule has 6 heteroatoms. The van der Waals surface area contributed by atoms with Crippen LogP contribution in [0.2, 0.25) is 0 Å². The summed E-state index contributed by atoms with van der Waals surface area (Å²) < 4.78 is 5.14. The lowest BCUT2D eigenvalue weighted by Gasteiger charge is -2.23. The molecular formula is C14H21N3O3. The summed E-state index contributed by atoms with van der Waals surface area (Å²) in [6.07, 6.45) is 5.29. The smallest absolute Gasteiger partial charge is 0.292 e. The van der Waals surface area contributed by atoms with Gasteiger partial charge >= 0.3 is 0 Å². The molecule has 0 heterocycles. The van der Waals surface area contributed by atoms with Gasteiger partial charge in [-0.15, -0.1) is 0 Å². The third-order valence-electron chi connectivity index (χ3n) is 3.81. The molecule has 1 saturated carbocycles. The Balaban J connectivity index is 2.23. The quantitative estimate of drug-likeness (QED) is 0.502. The topological polar surface area (TPSA) is 90.4 Å². The summed E-state index contributed by atoms with van der Waals surface area (Å²) in [4.78, 5) is 10.7. The number of ether oxygens (including phenoxy) is 1. The minimum absolute atomic E-state index is 0.0308. The van der Waals surface area contributed by atoms with E-state index >= 15 is 0 Å². The second-order valence-electron chi connectivity index (χ2n) is 5.19. The molecule has 1 aliphatic carbocycles. The summed E-state index contributed by atoms with van der Waals surface area (Å²) in [5.74, 6) is 0.597. The molecule has 0 spiro atoms. The van der Waals surface area contributed by atoms with E-state index in [0.29, 0.717) is 11.4 Å². The lowest BCUT2D eigenvalue weighted by Crippen LogP contribution is -2.39. The second kappa shape index (κ2) is 6.56. The van der Waals surface area contributed by atoms with E-state index in [9.17, 15) is 10.1 Å². The van der Waals surface area contributed by atoms with Gasteiger partial charge in [-0.3, -0.25) is 10.1 Å². The van der Waals surface area contributed by atoms with E-state index in [1.165, 1.54) is 12.5 Å². The maximum absolute atomic E-state index is 11.1. The molecule has 6 nitrogen and oxygen atoms in total. The van der Waals surface area contributed by atoms with Crippen LogP contribution in [0.4, 0.5) is 11.4 Å². The SMILES string of the molecule is COc1ccc([N+](=O)[O-])c(NC2CCCCCC2N)c1. The van der Waals surface area contributed by atoms with E-state index in [1.807, 2.05) is 0 Å². The van der Waals surface area contributed by atoms with Crippen molar-refractivity contribution in [3.63, 3.8) is 0 Å². The fourth-order valence-corrected chi connectivity index (χ4v) is 2.63. The molecule has 0 amide bonds. The lowest BCUT2D eigenvalue weighted by molar-refractivity contribution is -0.384. The van der Waals surface area contributed by atoms with Crippen LogP contribution in [0, 0.1) is 10.1 Å². The first-order chi connectivity index (χ1) is 9.61. The maximum atomic E-state index is 11.1. The zero-order valence-corrected chi connectivity index (χ0v) is 11.7. The van der Waals surface area contributed by atoms with Gasteiger partial charge in [-0.2, -0.15) is 0 Å². The third kappa shape index (κ3) is 3.39. The molecule has 20 heavy (non-hydrogen) atoms. The van der Waals surface area contributed by atoms with Crippen LogP contribution in [0.25, 0.3) is 0 Å². The van der Waals surface area contributed by atoms with Crippen molar-refractivity contribution in [1.82, 2.24) is 0 Å². The van der Waals surface area contributed by atoms with Crippen molar-refractivity contribution in [2.45, 2.75) is 44.2 Å². The average Bonchev–Trinajstić information content (AvgIpc) is 2.64. The van der Waals surface area contributed by atoms with Crippen LogP contribution in [-0.4, -0.2) is 24.1 Å². The number of hydrogen-bond acceptors (Lipinski definition) is 5. The Labute approximate surface area is 118 Å². The van der Waals surface area contributed by atoms with Crippen LogP contribution in [0.15, 0.2) is 18.2 Å². The Kier molecular flexibility index (Phi) is 4.79. The van der Waals surface area contributed by atoms with Crippen molar-refractivity contribution >= 4 is 11.4 Å². The minimum Gasteiger partial charge on any atom is -0.497 e. The molecule has 1 aromatic carbocycles. The van der Waals surface area contributed by atoms with Gasteiger partial charge in [-0.05, 0) is 18.9 Å². The third-order valence-corrected chi connectivity index (χ3v) is 3.81. The van der Waals surface area contributed by atoms with Gasteiger partial charge in [0.2, 0.25) is 0 Å². The molecule has 0 radical (unpaired) electrons. The summed E-state index contributed by atoms with van der Waals surface area (Å²) in [7, 11) is 1.54. The number of rotatable bonds is 4. The molecule has 1 aromatic rings. The highest BCUT2D eigenvalue weighted by atomic mass is 16.6. The second-order valence-corrected chi connectivity index (χ2v) is 5.19. The van der Waals surface area contributed by atoms with Gasteiger partial charge in [0.15, 0.2) is 0 Å². The number of nitrogens with zero attached hydrogens (tertiary/aromatic N) is 1. The number of nitrogens with two attached hydrogens (primary N) is 1. The normalized spacial score (nSPS) is 22.9. The molecular weight excluding hydrogens is 258 g/mol. The summed E-state index contributed by atoms with van der Waals surface area (Å²) >= 11 is 0. The Morgan fingerprint density at radius 1 is 1.35 bits per heavy atom. The van der Waals surface area contributed by atoms with E-state index in [1.54, 1.807) is 19.2 Å². The van der Waals surface area contributed by atoms with Gasteiger partial charge in [0.25, 0.3) is 5.69 Å². The van der Waals surface area contributed by atoms with Gasteiger partial charge in [-0.25, -0.2) is 0 Å². The fourth-order valence-electron chi connectivity index (χ4n) is 2.63. The molecule has 2 unspecified atom stereocenters. The highest BCUT2D eigenvalue weighted by molar-refractivity contribution is 5.64. The predicted molar refractivity (Wildman–Crippen MR) is 78.1 cm³/mol. The van der Waals surface area contributed by atoms with Crippen LogP contribution < -0.4 is 15.8 Å². The van der Waals surface area contributed by atoms with Crippen molar-refractivity contribution in [2.75, 3.05) is 12.4 Å². The first kappa shape index (κ1) is 14.6. The first-order valence-corrected chi connectivity index (χ1v) is 6.96. The number of nitro groups is 1. The van der Waals surface area contributed by atoms with E-state index in [2.05, 4.69) is 5.32 Å². The number of methoxy groups -OCH3 is 1. The molecule has 1 fully saturated rings. The van der Waals surface area contributed by atoms with Crippen molar-refractivity contribution in [1.29, 1.82) is 0 Å². The summed E-state index contributed by atoms with van der Waals surface area (Å²) in [5.41, 5.74) is 6.70. The Hall–Kier alpha value is -1.82. The van der Waals surface area contributed by atoms with E-state index < -0.39 is 0 Å². The molecule has 3 N–H and O–H groups in total. The van der Waals surface area contributed by atoms with Crippen LogP contribution in [0.5, 0.6) is 5.75 Å². The molecule has 110 valence electrons. The maximum Gasteiger partial charge on any atom is 0.292 e. The molecule has 1 aliphatic rings. The van der Waals surface area contributed by atoms with E-state index in [-0.39, 0.29) is 22.7 Å². The summed E-state index contributed by atoms with van der Waals surface area (Å²) in [5, 5.41) is 14.4. The summed E-state index contributed by atoms with van der Waals surface area (Å²) in [6, 6.07) is 4.82. The van der Waals surface area contributed by atoms with Crippen LogP contribution in [0.3, 0.4) is 0 Å². The van der Waals surface area contributed by atoms with E-state index in [4.69, 9.17) is 10.5 Å².